The van der Waals surface area contributed by atoms with Crippen LogP contribution in [-0.4, -0.2) is 10.9 Å². The Bertz CT molecular complexity index is 537. The summed E-state index contributed by atoms with van der Waals surface area (Å²) in [6, 6.07) is 13.5. The molecule has 0 aliphatic rings. The maximum atomic E-state index is 12.1. The summed E-state index contributed by atoms with van der Waals surface area (Å²) in [6.07, 6.45) is 1.68. The zero-order valence-electron chi connectivity index (χ0n) is 10.6. The van der Waals surface area contributed by atoms with Crippen LogP contribution in [0.1, 0.15) is 24.0 Å². The van der Waals surface area contributed by atoms with Crippen molar-refractivity contribution in [3.63, 3.8) is 0 Å². The number of hydrogen-bond donors (Lipinski definition) is 1. The third kappa shape index (κ3) is 2.74. The molecule has 1 aromatic heterocycles. The van der Waals surface area contributed by atoms with Gasteiger partial charge in [-0.15, -0.1) is 0 Å². The fraction of sp³-hybridized carbons (Fsp3) is 0.200. The van der Waals surface area contributed by atoms with Gasteiger partial charge in [-0.1, -0.05) is 36.4 Å². The third-order valence-electron chi connectivity index (χ3n) is 2.94. The molecule has 0 radical (unpaired) electrons. The fourth-order valence-corrected chi connectivity index (χ4v) is 1.73. The molecule has 92 valence electrons. The molecular weight excluding hydrogens is 224 g/mol. The molecule has 1 atom stereocenters. The van der Waals surface area contributed by atoms with Gasteiger partial charge in [-0.05, 0) is 31.0 Å². The summed E-state index contributed by atoms with van der Waals surface area (Å²) in [5.41, 5.74) is 1.97. The molecule has 0 spiro atoms. The number of anilines is 1. The van der Waals surface area contributed by atoms with Gasteiger partial charge in [0.05, 0.1) is 5.92 Å². The fourth-order valence-electron chi connectivity index (χ4n) is 1.73. The Kier molecular flexibility index (Phi) is 3.72. The van der Waals surface area contributed by atoms with Crippen LogP contribution in [0.25, 0.3) is 0 Å². The highest BCUT2D eigenvalue weighted by Crippen LogP contribution is 2.18. The minimum absolute atomic E-state index is 0.0389. The molecule has 1 aromatic carbocycles. The predicted octanol–water partition coefficient (Wildman–Crippen LogP) is 3.13. The molecule has 3 nitrogen and oxygen atoms in total. The average Bonchev–Trinajstić information content (AvgIpc) is 2.41. The number of aryl methyl sites for hydroxylation is 1. The van der Waals surface area contributed by atoms with Gasteiger partial charge in [0, 0.05) is 6.20 Å². The number of carbonyl (C=O) groups is 1. The van der Waals surface area contributed by atoms with E-state index in [2.05, 4.69) is 10.3 Å². The van der Waals surface area contributed by atoms with E-state index in [1.165, 1.54) is 0 Å². The van der Waals surface area contributed by atoms with Crippen LogP contribution in [-0.2, 0) is 4.79 Å². The monoisotopic (exact) mass is 240 g/mol. The standard InChI is InChI=1S/C15H16N2O/c1-11-7-6-10-16-14(11)17-15(18)12(2)13-8-4-3-5-9-13/h3-10,12H,1-2H3,(H,16,17,18)/t12-/m0/s1. The lowest BCUT2D eigenvalue weighted by molar-refractivity contribution is -0.117. The van der Waals surface area contributed by atoms with Crippen molar-refractivity contribution in [2.75, 3.05) is 5.32 Å². The zero-order chi connectivity index (χ0) is 13.0. The Morgan fingerprint density at radius 3 is 2.56 bits per heavy atom. The number of rotatable bonds is 3. The Morgan fingerprint density at radius 2 is 1.89 bits per heavy atom. The van der Waals surface area contributed by atoms with Crippen molar-refractivity contribution < 1.29 is 4.79 Å². The van der Waals surface area contributed by atoms with Gasteiger partial charge in [-0.25, -0.2) is 4.98 Å². The number of aromatic nitrogens is 1. The van der Waals surface area contributed by atoms with E-state index in [1.54, 1.807) is 6.20 Å². The van der Waals surface area contributed by atoms with Crippen molar-refractivity contribution in [1.29, 1.82) is 0 Å². The number of pyridine rings is 1. The summed E-state index contributed by atoms with van der Waals surface area (Å²) in [5, 5.41) is 2.86. The van der Waals surface area contributed by atoms with Gasteiger partial charge in [0.15, 0.2) is 0 Å². The molecule has 0 saturated carbocycles. The van der Waals surface area contributed by atoms with E-state index in [1.807, 2.05) is 56.3 Å². The first kappa shape index (κ1) is 12.3. The van der Waals surface area contributed by atoms with E-state index in [-0.39, 0.29) is 11.8 Å². The van der Waals surface area contributed by atoms with E-state index in [0.717, 1.165) is 11.1 Å². The molecule has 2 aromatic rings. The van der Waals surface area contributed by atoms with Crippen molar-refractivity contribution in [2.45, 2.75) is 19.8 Å². The summed E-state index contributed by atoms with van der Waals surface area (Å²) in [5.74, 6) is 0.404. The third-order valence-corrected chi connectivity index (χ3v) is 2.94. The molecule has 0 unspecified atom stereocenters. The molecule has 0 saturated heterocycles. The lowest BCUT2D eigenvalue weighted by Gasteiger charge is -2.13. The normalized spacial score (nSPS) is 11.9. The molecule has 0 aliphatic carbocycles. The minimum atomic E-state index is -0.187. The lowest BCUT2D eigenvalue weighted by atomic mass is 10.0. The summed E-state index contributed by atoms with van der Waals surface area (Å²) in [7, 11) is 0. The minimum Gasteiger partial charge on any atom is -0.310 e. The van der Waals surface area contributed by atoms with Crippen LogP contribution in [0.4, 0.5) is 5.82 Å². The van der Waals surface area contributed by atoms with Gasteiger partial charge >= 0.3 is 0 Å². The van der Waals surface area contributed by atoms with E-state index >= 15 is 0 Å². The van der Waals surface area contributed by atoms with E-state index in [9.17, 15) is 4.79 Å². The smallest absolute Gasteiger partial charge is 0.232 e. The Labute approximate surface area is 107 Å². The van der Waals surface area contributed by atoms with E-state index < -0.39 is 0 Å². The highest BCUT2D eigenvalue weighted by molar-refractivity contribution is 5.95. The van der Waals surface area contributed by atoms with Crippen LogP contribution < -0.4 is 5.32 Å². The highest BCUT2D eigenvalue weighted by Gasteiger charge is 2.15. The Balaban J connectivity index is 2.12. The zero-order valence-corrected chi connectivity index (χ0v) is 10.6. The highest BCUT2D eigenvalue weighted by atomic mass is 16.1. The molecule has 3 heteroatoms. The largest absolute Gasteiger partial charge is 0.310 e. The van der Waals surface area contributed by atoms with Gasteiger partial charge in [-0.2, -0.15) is 0 Å². The maximum absolute atomic E-state index is 12.1. The molecule has 2 rings (SSSR count). The predicted molar refractivity (Wildman–Crippen MR) is 72.5 cm³/mol. The Hall–Kier alpha value is -2.16. The lowest BCUT2D eigenvalue weighted by Crippen LogP contribution is -2.20. The van der Waals surface area contributed by atoms with E-state index in [4.69, 9.17) is 0 Å². The molecule has 0 aliphatic heterocycles. The van der Waals surface area contributed by atoms with Crippen LogP contribution >= 0.6 is 0 Å². The summed E-state index contributed by atoms with van der Waals surface area (Å²) in [4.78, 5) is 16.3. The maximum Gasteiger partial charge on any atom is 0.232 e. The molecule has 0 bridgehead atoms. The second-order valence-corrected chi connectivity index (χ2v) is 4.29. The molecule has 1 heterocycles. The molecule has 0 fully saturated rings. The second-order valence-electron chi connectivity index (χ2n) is 4.29. The van der Waals surface area contributed by atoms with Crippen molar-refractivity contribution in [3.8, 4) is 0 Å². The van der Waals surface area contributed by atoms with Crippen LogP contribution in [0.3, 0.4) is 0 Å². The quantitative estimate of drug-likeness (QED) is 0.895. The van der Waals surface area contributed by atoms with Gasteiger partial charge in [-0.3, -0.25) is 4.79 Å². The first-order valence-corrected chi connectivity index (χ1v) is 5.96. The Morgan fingerprint density at radius 1 is 1.17 bits per heavy atom. The number of carbonyl (C=O) groups excluding carboxylic acids is 1. The van der Waals surface area contributed by atoms with Gasteiger partial charge < -0.3 is 5.32 Å². The summed E-state index contributed by atoms with van der Waals surface area (Å²) < 4.78 is 0. The van der Waals surface area contributed by atoms with Crippen molar-refractivity contribution >= 4 is 11.7 Å². The van der Waals surface area contributed by atoms with Gasteiger partial charge in [0.25, 0.3) is 0 Å². The summed E-state index contributed by atoms with van der Waals surface area (Å²) in [6.45, 7) is 3.82. The number of nitrogens with zero attached hydrogens (tertiary/aromatic N) is 1. The van der Waals surface area contributed by atoms with Crippen molar-refractivity contribution in [3.05, 3.63) is 59.8 Å². The van der Waals surface area contributed by atoms with E-state index in [0.29, 0.717) is 5.82 Å². The number of nitrogens with one attached hydrogen (secondary N) is 1. The van der Waals surface area contributed by atoms with Gasteiger partial charge in [0.1, 0.15) is 5.82 Å². The molecular formula is C15H16N2O. The number of benzene rings is 1. The van der Waals surface area contributed by atoms with Gasteiger partial charge in [0.2, 0.25) is 5.91 Å². The number of hydrogen-bond acceptors (Lipinski definition) is 2. The first-order chi connectivity index (χ1) is 8.68. The topological polar surface area (TPSA) is 42.0 Å². The van der Waals surface area contributed by atoms with Crippen molar-refractivity contribution in [1.82, 2.24) is 4.98 Å². The first-order valence-electron chi connectivity index (χ1n) is 5.96. The van der Waals surface area contributed by atoms with Crippen LogP contribution in [0.5, 0.6) is 0 Å². The second kappa shape index (κ2) is 5.45. The van der Waals surface area contributed by atoms with Crippen LogP contribution in [0, 0.1) is 6.92 Å². The van der Waals surface area contributed by atoms with Crippen molar-refractivity contribution in [2.24, 2.45) is 0 Å². The molecule has 18 heavy (non-hydrogen) atoms. The summed E-state index contributed by atoms with van der Waals surface area (Å²) >= 11 is 0. The average molecular weight is 240 g/mol. The molecule has 1 N–H and O–H groups in total. The number of amides is 1. The van der Waals surface area contributed by atoms with Crippen LogP contribution in [0.15, 0.2) is 48.7 Å². The van der Waals surface area contributed by atoms with Crippen LogP contribution in [0.2, 0.25) is 0 Å². The SMILES string of the molecule is Cc1cccnc1NC(=O)[C@@H](C)c1ccccc1. The molecule has 1 amide bonds.